The number of pyridine rings is 1. The van der Waals surface area contributed by atoms with Gasteiger partial charge in [-0.15, -0.1) is 0 Å². The third kappa shape index (κ3) is 2.97. The Morgan fingerprint density at radius 2 is 1.95 bits per heavy atom. The predicted octanol–water partition coefficient (Wildman–Crippen LogP) is 2.48. The zero-order valence-corrected chi connectivity index (χ0v) is 12.6. The van der Waals surface area contributed by atoms with Gasteiger partial charge in [0.2, 0.25) is 0 Å². The van der Waals surface area contributed by atoms with E-state index in [-0.39, 0.29) is 10.7 Å². The number of halogens is 1. The molecule has 0 aliphatic heterocycles. The first kappa shape index (κ1) is 15.2. The van der Waals surface area contributed by atoms with Crippen molar-refractivity contribution in [2.24, 2.45) is 0 Å². The number of nitrogens with one attached hydrogen (secondary N) is 1. The van der Waals surface area contributed by atoms with Crippen LogP contribution in [0.15, 0.2) is 47.6 Å². The molecule has 7 heteroatoms. The minimum absolute atomic E-state index is 0.0226. The van der Waals surface area contributed by atoms with Crippen molar-refractivity contribution in [1.29, 1.82) is 0 Å². The van der Waals surface area contributed by atoms with Crippen LogP contribution in [0.3, 0.4) is 0 Å². The lowest BCUT2D eigenvalue weighted by molar-refractivity contribution is 0.586. The smallest absolute Gasteiger partial charge is 0.283 e. The quantitative estimate of drug-likeness (QED) is 0.921. The summed E-state index contributed by atoms with van der Waals surface area (Å²) in [6.45, 7) is 2.40. The summed E-state index contributed by atoms with van der Waals surface area (Å²) in [7, 11) is -2.64. The third-order valence-corrected chi connectivity index (χ3v) is 4.67. The van der Waals surface area contributed by atoms with Crippen LogP contribution in [-0.2, 0) is 10.0 Å². The zero-order valence-electron chi connectivity index (χ0n) is 11.7. The fourth-order valence-electron chi connectivity index (χ4n) is 1.89. The van der Waals surface area contributed by atoms with E-state index in [1.807, 2.05) is 6.92 Å². The fourth-order valence-corrected chi connectivity index (χ4v) is 3.17. The van der Waals surface area contributed by atoms with Crippen molar-refractivity contribution in [1.82, 2.24) is 4.98 Å². The lowest BCUT2D eigenvalue weighted by atomic mass is 10.3. The van der Waals surface area contributed by atoms with Gasteiger partial charge in [-0.1, -0.05) is 12.1 Å². The molecule has 0 amide bonds. The average molecular weight is 309 g/mol. The van der Waals surface area contributed by atoms with Crippen molar-refractivity contribution in [3.05, 3.63) is 48.4 Å². The normalized spacial score (nSPS) is 11.2. The first-order valence-corrected chi connectivity index (χ1v) is 7.85. The molecule has 2 aromatic rings. The van der Waals surface area contributed by atoms with E-state index in [0.717, 1.165) is 4.31 Å². The maximum atomic E-state index is 13.8. The standard InChI is InChI=1S/C14H16FN3O2S/c1-3-16-12-8-6-10-17-14(12)21(19,20)18(2)13-9-5-4-7-11(13)15/h4-10,16H,3H2,1-2H3. The third-order valence-electron chi connectivity index (χ3n) is 2.93. The van der Waals surface area contributed by atoms with Crippen LogP contribution >= 0.6 is 0 Å². The molecule has 0 aliphatic carbocycles. The van der Waals surface area contributed by atoms with Gasteiger partial charge in [0, 0.05) is 19.8 Å². The number of sulfonamides is 1. The minimum atomic E-state index is -3.95. The van der Waals surface area contributed by atoms with Crippen molar-refractivity contribution in [3.63, 3.8) is 0 Å². The Balaban J connectivity index is 2.50. The van der Waals surface area contributed by atoms with Crippen molar-refractivity contribution < 1.29 is 12.8 Å². The van der Waals surface area contributed by atoms with Gasteiger partial charge in [-0.3, -0.25) is 4.31 Å². The van der Waals surface area contributed by atoms with Gasteiger partial charge in [0.25, 0.3) is 10.0 Å². The van der Waals surface area contributed by atoms with E-state index < -0.39 is 15.8 Å². The average Bonchev–Trinajstić information content (AvgIpc) is 2.48. The molecular formula is C14H16FN3O2S. The zero-order chi connectivity index (χ0) is 15.5. The molecule has 0 atom stereocenters. The van der Waals surface area contributed by atoms with Crippen molar-refractivity contribution in [3.8, 4) is 0 Å². The van der Waals surface area contributed by atoms with Gasteiger partial charge in [-0.2, -0.15) is 8.42 Å². The van der Waals surface area contributed by atoms with E-state index in [1.54, 1.807) is 18.2 Å². The molecule has 1 aromatic heterocycles. The summed E-state index contributed by atoms with van der Waals surface area (Å²) in [4.78, 5) is 3.93. The number of anilines is 2. The van der Waals surface area contributed by atoms with Gasteiger partial charge < -0.3 is 5.32 Å². The molecule has 2 rings (SSSR count). The summed E-state index contributed by atoms with van der Waals surface area (Å²) in [5.74, 6) is -0.607. The molecular weight excluding hydrogens is 293 g/mol. The Morgan fingerprint density at radius 1 is 1.24 bits per heavy atom. The number of hydrogen-bond acceptors (Lipinski definition) is 4. The maximum absolute atomic E-state index is 13.8. The Hall–Kier alpha value is -2.15. The number of para-hydroxylation sites is 1. The first-order valence-electron chi connectivity index (χ1n) is 6.40. The molecule has 0 unspecified atom stereocenters. The van der Waals surface area contributed by atoms with Crippen molar-refractivity contribution in [2.45, 2.75) is 11.9 Å². The van der Waals surface area contributed by atoms with Crippen molar-refractivity contribution >= 4 is 21.4 Å². The summed E-state index contributed by atoms with van der Waals surface area (Å²) in [6.07, 6.45) is 1.39. The molecule has 0 saturated carbocycles. The molecule has 21 heavy (non-hydrogen) atoms. The highest BCUT2D eigenvalue weighted by molar-refractivity contribution is 7.92. The van der Waals surface area contributed by atoms with Gasteiger partial charge in [-0.05, 0) is 31.2 Å². The predicted molar refractivity (Wildman–Crippen MR) is 80.4 cm³/mol. The Morgan fingerprint density at radius 3 is 2.62 bits per heavy atom. The SMILES string of the molecule is CCNc1cccnc1S(=O)(=O)N(C)c1ccccc1F. The van der Waals surface area contributed by atoms with Crippen LogP contribution in [0.2, 0.25) is 0 Å². The molecule has 1 heterocycles. The van der Waals surface area contributed by atoms with E-state index >= 15 is 0 Å². The second kappa shape index (κ2) is 6.09. The molecule has 1 N–H and O–H groups in total. The monoisotopic (exact) mass is 309 g/mol. The molecule has 0 bridgehead atoms. The second-order valence-electron chi connectivity index (χ2n) is 4.31. The number of benzene rings is 1. The topological polar surface area (TPSA) is 62.3 Å². The second-order valence-corrected chi connectivity index (χ2v) is 6.19. The van der Waals surface area contributed by atoms with Crippen LogP contribution in [0.4, 0.5) is 15.8 Å². The number of hydrogen-bond donors (Lipinski definition) is 1. The Bertz CT molecular complexity index is 735. The summed E-state index contributed by atoms with van der Waals surface area (Å²) < 4.78 is 40.0. The lowest BCUT2D eigenvalue weighted by Crippen LogP contribution is -2.29. The molecule has 0 aliphatic rings. The Kier molecular flexibility index (Phi) is 4.42. The Labute approximate surface area is 123 Å². The molecule has 0 fully saturated rings. The maximum Gasteiger partial charge on any atom is 0.283 e. The van der Waals surface area contributed by atoms with E-state index in [1.165, 1.54) is 31.4 Å². The van der Waals surface area contributed by atoms with Gasteiger partial charge in [0.1, 0.15) is 5.82 Å². The highest BCUT2D eigenvalue weighted by Crippen LogP contribution is 2.27. The van der Waals surface area contributed by atoms with Crippen LogP contribution in [0, 0.1) is 5.82 Å². The highest BCUT2D eigenvalue weighted by atomic mass is 32.2. The van der Waals surface area contributed by atoms with Crippen molar-refractivity contribution in [2.75, 3.05) is 23.2 Å². The molecule has 5 nitrogen and oxygen atoms in total. The molecule has 112 valence electrons. The number of aromatic nitrogens is 1. The summed E-state index contributed by atoms with van der Waals surface area (Å²) in [5, 5.41) is 2.81. The van der Waals surface area contributed by atoms with Crippen LogP contribution in [0.25, 0.3) is 0 Å². The largest absolute Gasteiger partial charge is 0.383 e. The first-order chi connectivity index (χ1) is 9.98. The van der Waals surface area contributed by atoms with E-state index in [9.17, 15) is 12.8 Å². The molecule has 0 radical (unpaired) electrons. The van der Waals surface area contributed by atoms with Gasteiger partial charge in [-0.25, -0.2) is 9.37 Å². The molecule has 1 aromatic carbocycles. The summed E-state index contributed by atoms with van der Waals surface area (Å²) in [5.41, 5.74) is 0.369. The fraction of sp³-hybridized carbons (Fsp3) is 0.214. The highest BCUT2D eigenvalue weighted by Gasteiger charge is 2.27. The summed E-state index contributed by atoms with van der Waals surface area (Å²) >= 11 is 0. The van der Waals surface area contributed by atoms with Crippen LogP contribution in [0.1, 0.15) is 6.92 Å². The van der Waals surface area contributed by atoms with Crippen LogP contribution < -0.4 is 9.62 Å². The van der Waals surface area contributed by atoms with E-state index in [2.05, 4.69) is 10.3 Å². The van der Waals surface area contributed by atoms with E-state index in [4.69, 9.17) is 0 Å². The molecule has 0 spiro atoms. The van der Waals surface area contributed by atoms with Gasteiger partial charge in [0.05, 0.1) is 11.4 Å². The summed E-state index contributed by atoms with van der Waals surface area (Å²) in [6, 6.07) is 8.96. The molecule has 0 saturated heterocycles. The van der Waals surface area contributed by atoms with Crippen LogP contribution in [0.5, 0.6) is 0 Å². The number of rotatable bonds is 5. The number of nitrogens with zero attached hydrogens (tertiary/aromatic N) is 2. The van der Waals surface area contributed by atoms with E-state index in [0.29, 0.717) is 12.2 Å². The lowest BCUT2D eigenvalue weighted by Gasteiger charge is -2.21. The van der Waals surface area contributed by atoms with Gasteiger partial charge >= 0.3 is 0 Å². The minimum Gasteiger partial charge on any atom is -0.383 e. The van der Waals surface area contributed by atoms with Gasteiger partial charge in [0.15, 0.2) is 5.03 Å². The van der Waals surface area contributed by atoms with Crippen LogP contribution in [-0.4, -0.2) is 27.0 Å².